The Labute approximate surface area is 43.1 Å². The lowest BCUT2D eigenvalue weighted by atomic mass is 10.4. The van der Waals surface area contributed by atoms with Gasteiger partial charge in [-0.3, -0.25) is 0 Å². The van der Waals surface area contributed by atoms with Gasteiger partial charge in [0, 0.05) is 6.21 Å². The van der Waals surface area contributed by atoms with Crippen molar-refractivity contribution in [1.82, 2.24) is 0 Å². The zero-order valence-electron chi connectivity index (χ0n) is 4.31. The summed E-state index contributed by atoms with van der Waals surface area (Å²) in [6.45, 7) is 5.05. The molecule has 0 aromatic carbocycles. The number of nitrogens with one attached hydrogen (secondary N) is 1. The molecule has 0 rings (SSSR count). The van der Waals surface area contributed by atoms with Crippen LogP contribution in [0.3, 0.4) is 0 Å². The fraction of sp³-hybridized carbons (Fsp3) is 0.400. The Kier molecular flexibility index (Phi) is 2.90. The first-order chi connectivity index (χ1) is 3.31. The Hall–Kier alpha value is -0.880. The van der Waals surface area contributed by atoms with Crippen LogP contribution in [-0.2, 0) is 0 Å². The number of hydrogen-bond donors (Lipinski definition) is 1. The van der Waals surface area contributed by atoms with Crippen LogP contribution in [0.4, 0.5) is 0 Å². The molecule has 1 atom stereocenters. The highest BCUT2D eigenvalue weighted by Gasteiger charge is 1.83. The maximum atomic E-state index is 6.63. The molecule has 1 N–H and O–H groups in total. The zero-order chi connectivity index (χ0) is 5.70. The van der Waals surface area contributed by atoms with Crippen molar-refractivity contribution in [2.45, 2.75) is 13.0 Å². The van der Waals surface area contributed by atoms with Crippen LogP contribution in [-0.4, -0.2) is 18.1 Å². The molecule has 2 nitrogen and oxygen atoms in total. The summed E-state index contributed by atoms with van der Waals surface area (Å²) in [5.74, 6) is 2.34. The summed E-state index contributed by atoms with van der Waals surface area (Å²) in [4.78, 5) is 3.64. The van der Waals surface area contributed by atoms with Gasteiger partial charge in [-0.1, -0.05) is 0 Å². The normalized spacial score (nSPS) is 11.6. The Bertz CT molecular complexity index is 101. The summed E-state index contributed by atoms with van der Waals surface area (Å²) in [5.41, 5.74) is 0. The van der Waals surface area contributed by atoms with E-state index in [1.165, 1.54) is 6.21 Å². The van der Waals surface area contributed by atoms with Gasteiger partial charge >= 0.3 is 0 Å². The van der Waals surface area contributed by atoms with Crippen molar-refractivity contribution in [3.8, 4) is 0 Å². The van der Waals surface area contributed by atoms with Gasteiger partial charge in [0.25, 0.3) is 0 Å². The van der Waals surface area contributed by atoms with E-state index in [1.807, 2.05) is 0 Å². The molecular weight excluding hydrogens is 88.1 g/mol. The van der Waals surface area contributed by atoms with Crippen LogP contribution in [0.1, 0.15) is 6.92 Å². The Morgan fingerprint density at radius 2 is 2.57 bits per heavy atom. The number of nitrogens with zero attached hydrogens (tertiary/aromatic N) is 1. The molecule has 38 valence electrons. The predicted octanol–water partition coefficient (Wildman–Crippen LogP) is 0.880. The van der Waals surface area contributed by atoms with Gasteiger partial charge in [0.05, 0.1) is 6.04 Å². The van der Waals surface area contributed by atoms with Gasteiger partial charge in [-0.05, 0) is 19.4 Å². The minimum atomic E-state index is -0.0579. The third-order valence-corrected chi connectivity index (χ3v) is 0.536. The Morgan fingerprint density at radius 1 is 2.00 bits per heavy atom. The van der Waals surface area contributed by atoms with E-state index in [0.717, 1.165) is 0 Å². The summed E-state index contributed by atoms with van der Waals surface area (Å²) in [7, 11) is 0. The van der Waals surface area contributed by atoms with Gasteiger partial charge in [0.15, 0.2) is 0 Å². The maximum Gasteiger partial charge on any atom is 0.0909 e. The molecule has 0 saturated heterocycles. The number of hydrogen-bond acceptors (Lipinski definition) is 2. The molecule has 0 amide bonds. The van der Waals surface area contributed by atoms with Crippen LogP contribution in [0.15, 0.2) is 11.6 Å². The van der Waals surface area contributed by atoms with E-state index in [-0.39, 0.29) is 6.04 Å². The molecule has 0 spiro atoms. The highest BCUT2D eigenvalue weighted by atomic mass is 14.7. The third-order valence-electron chi connectivity index (χ3n) is 0.536. The highest BCUT2D eigenvalue weighted by Crippen LogP contribution is 1.76. The van der Waals surface area contributed by atoms with Crippen LogP contribution < -0.4 is 0 Å². The van der Waals surface area contributed by atoms with Crippen LogP contribution in [0, 0.1) is 5.41 Å². The van der Waals surface area contributed by atoms with Crippen molar-refractivity contribution in [1.29, 1.82) is 5.41 Å². The molecule has 0 bridgehead atoms. The molecule has 0 aliphatic rings. The summed E-state index contributed by atoms with van der Waals surface area (Å²) < 4.78 is 0. The molecule has 0 fully saturated rings. The molecule has 0 aliphatic carbocycles. The van der Waals surface area contributed by atoms with Crippen molar-refractivity contribution >= 4 is 12.1 Å². The first-order valence-electron chi connectivity index (χ1n) is 2.03. The van der Waals surface area contributed by atoms with E-state index in [2.05, 4.69) is 17.4 Å². The maximum absolute atomic E-state index is 6.63. The van der Waals surface area contributed by atoms with E-state index in [0.29, 0.717) is 0 Å². The van der Waals surface area contributed by atoms with E-state index in [9.17, 15) is 0 Å². The standard InChI is InChI=1S/C5H8N2/c1-3-7-5(2)4-6/h4-6H,1H2,2H3. The van der Waals surface area contributed by atoms with E-state index >= 15 is 0 Å². The molecular formula is C5H8N2. The van der Waals surface area contributed by atoms with Gasteiger partial charge in [-0.15, -0.1) is 0 Å². The molecule has 0 aromatic heterocycles. The van der Waals surface area contributed by atoms with Gasteiger partial charge in [-0.25, -0.2) is 4.99 Å². The van der Waals surface area contributed by atoms with Crippen molar-refractivity contribution in [2.24, 2.45) is 4.99 Å². The second-order valence-electron chi connectivity index (χ2n) is 1.19. The average Bonchev–Trinajstić information content (AvgIpc) is 1.68. The minimum Gasteiger partial charge on any atom is -0.311 e. The van der Waals surface area contributed by atoms with Crippen LogP contribution in [0.2, 0.25) is 0 Å². The molecule has 0 aliphatic heterocycles. The first-order valence-corrected chi connectivity index (χ1v) is 2.03. The summed E-state index contributed by atoms with van der Waals surface area (Å²) >= 11 is 0. The quantitative estimate of drug-likeness (QED) is 0.495. The number of aliphatic imine (C=N–C) groups is 1. The van der Waals surface area contributed by atoms with Gasteiger partial charge in [0.1, 0.15) is 0 Å². The lowest BCUT2D eigenvalue weighted by Crippen LogP contribution is -1.95. The summed E-state index contributed by atoms with van der Waals surface area (Å²) in [5, 5.41) is 6.63. The lowest BCUT2D eigenvalue weighted by Gasteiger charge is -1.86. The topological polar surface area (TPSA) is 36.2 Å². The molecule has 0 saturated carbocycles. The first kappa shape index (κ1) is 6.12. The SMILES string of the molecule is C=C=NC(C)C=N. The highest BCUT2D eigenvalue weighted by molar-refractivity contribution is 5.63. The molecule has 7 heavy (non-hydrogen) atoms. The van der Waals surface area contributed by atoms with Crippen LogP contribution >= 0.6 is 0 Å². The minimum absolute atomic E-state index is 0.0579. The van der Waals surface area contributed by atoms with E-state index in [1.54, 1.807) is 6.92 Å². The fourth-order valence-electron chi connectivity index (χ4n) is 0.181. The second-order valence-corrected chi connectivity index (χ2v) is 1.19. The van der Waals surface area contributed by atoms with Crippen LogP contribution in [0.5, 0.6) is 0 Å². The van der Waals surface area contributed by atoms with Crippen molar-refractivity contribution in [2.75, 3.05) is 0 Å². The van der Waals surface area contributed by atoms with Gasteiger partial charge < -0.3 is 5.41 Å². The van der Waals surface area contributed by atoms with Gasteiger partial charge in [-0.2, -0.15) is 0 Å². The Morgan fingerprint density at radius 3 is 2.71 bits per heavy atom. The van der Waals surface area contributed by atoms with Crippen molar-refractivity contribution in [3.05, 3.63) is 6.58 Å². The Balaban J connectivity index is 3.56. The zero-order valence-corrected chi connectivity index (χ0v) is 4.31. The van der Waals surface area contributed by atoms with Crippen LogP contribution in [0.25, 0.3) is 0 Å². The molecule has 2 heteroatoms. The second kappa shape index (κ2) is 3.32. The van der Waals surface area contributed by atoms with E-state index in [4.69, 9.17) is 5.41 Å². The predicted molar refractivity (Wildman–Crippen MR) is 31.3 cm³/mol. The molecule has 0 radical (unpaired) electrons. The summed E-state index contributed by atoms with van der Waals surface area (Å²) in [6.07, 6.45) is 1.23. The van der Waals surface area contributed by atoms with E-state index < -0.39 is 0 Å². The average molecular weight is 96.1 g/mol. The molecule has 1 unspecified atom stereocenters. The fourth-order valence-corrected chi connectivity index (χ4v) is 0.181. The number of rotatable bonds is 2. The van der Waals surface area contributed by atoms with Crippen molar-refractivity contribution in [3.63, 3.8) is 0 Å². The van der Waals surface area contributed by atoms with Crippen molar-refractivity contribution < 1.29 is 0 Å². The smallest absolute Gasteiger partial charge is 0.0909 e. The largest absolute Gasteiger partial charge is 0.311 e. The summed E-state index contributed by atoms with van der Waals surface area (Å²) in [6, 6.07) is -0.0579. The third kappa shape index (κ3) is 2.94. The molecule has 0 aromatic rings. The lowest BCUT2D eigenvalue weighted by molar-refractivity contribution is 0.999. The van der Waals surface area contributed by atoms with Gasteiger partial charge in [0.2, 0.25) is 0 Å². The molecule has 0 heterocycles. The monoisotopic (exact) mass is 96.1 g/mol.